The van der Waals surface area contributed by atoms with Gasteiger partial charge in [-0.25, -0.2) is 0 Å². The molecule has 0 atom stereocenters. The Kier molecular flexibility index (Phi) is 12.7. The Bertz CT molecular complexity index is 6190. The van der Waals surface area contributed by atoms with Crippen LogP contribution in [0.2, 0.25) is 0 Å². The summed E-state index contributed by atoms with van der Waals surface area (Å²) in [6.45, 7) is 0. The molecule has 0 heteroatoms. The molecule has 0 unspecified atom stereocenters. The Morgan fingerprint density at radius 2 is 0.359 bits per heavy atom. The summed E-state index contributed by atoms with van der Waals surface area (Å²) in [6, 6.07) is 130. The second kappa shape index (κ2) is 22.0. The first-order valence-electron chi connectivity index (χ1n) is 31.9. The third-order valence-electron chi connectivity index (χ3n) is 19.4. The molecule has 0 saturated heterocycles. The lowest BCUT2D eigenvalue weighted by molar-refractivity contribution is 1.64. The van der Waals surface area contributed by atoms with Crippen LogP contribution in [-0.4, -0.2) is 0 Å². The van der Waals surface area contributed by atoms with Crippen LogP contribution >= 0.6 is 0 Å². The van der Waals surface area contributed by atoms with E-state index in [1.165, 1.54) is 185 Å². The Morgan fingerprint density at radius 1 is 0.109 bits per heavy atom. The topological polar surface area (TPSA) is 0 Å². The number of rotatable bonds is 6. The summed E-state index contributed by atoms with van der Waals surface area (Å²) in [5.41, 5.74) is 15.0. The van der Waals surface area contributed by atoms with E-state index < -0.39 is 0 Å². The van der Waals surface area contributed by atoms with Gasteiger partial charge in [0.2, 0.25) is 0 Å². The summed E-state index contributed by atoms with van der Waals surface area (Å²) in [4.78, 5) is 0. The third kappa shape index (κ3) is 9.07. The molecule has 0 heterocycles. The quantitative estimate of drug-likeness (QED) is 0.115. The van der Waals surface area contributed by atoms with Gasteiger partial charge in [-0.15, -0.1) is 0 Å². The van der Waals surface area contributed by atoms with E-state index in [4.69, 9.17) is 0 Å². The van der Waals surface area contributed by atoms with E-state index in [-0.39, 0.29) is 0 Å². The van der Waals surface area contributed by atoms with Crippen molar-refractivity contribution in [3.05, 3.63) is 352 Å². The molecule has 0 N–H and O–H groups in total. The van der Waals surface area contributed by atoms with Crippen molar-refractivity contribution >= 4 is 118 Å². The first-order valence-corrected chi connectivity index (χ1v) is 31.9. The molecule has 0 aromatic heterocycles. The highest BCUT2D eigenvalue weighted by atomic mass is 14.3. The van der Waals surface area contributed by atoms with Gasteiger partial charge in [0.25, 0.3) is 0 Å². The van der Waals surface area contributed by atoms with Crippen LogP contribution in [-0.2, 0) is 0 Å². The molecule has 19 rings (SSSR count). The maximum atomic E-state index is 2.44. The molecular formula is C92H58. The number of hydrogen-bond donors (Lipinski definition) is 0. The van der Waals surface area contributed by atoms with Crippen LogP contribution in [0.25, 0.3) is 185 Å². The fraction of sp³-hybridized carbons (Fsp3) is 0. The predicted molar refractivity (Wildman–Crippen MR) is 398 cm³/mol. The zero-order valence-electron chi connectivity index (χ0n) is 50.5. The molecule has 426 valence electrons. The molecule has 0 fully saturated rings. The predicted octanol–water partition coefficient (Wildman–Crippen LogP) is 26.1. The van der Waals surface area contributed by atoms with E-state index in [0.29, 0.717) is 0 Å². The van der Waals surface area contributed by atoms with Gasteiger partial charge in [0.1, 0.15) is 0 Å². The molecule has 0 amide bonds. The van der Waals surface area contributed by atoms with Gasteiger partial charge in [-0.3, -0.25) is 0 Å². The highest BCUT2D eigenvalue weighted by Gasteiger charge is 2.23. The average molecular weight is 1160 g/mol. The number of benzene rings is 19. The molecule has 0 radical (unpaired) electrons. The fourth-order valence-electron chi connectivity index (χ4n) is 15.0. The number of fused-ring (bicyclic) bond motifs is 13. The highest BCUT2D eigenvalue weighted by Crippen LogP contribution is 2.50. The first-order chi connectivity index (χ1) is 45.6. The third-order valence-corrected chi connectivity index (χ3v) is 19.4. The Morgan fingerprint density at radius 3 is 0.739 bits per heavy atom. The summed E-state index contributed by atoms with van der Waals surface area (Å²) >= 11 is 0. The second-order valence-corrected chi connectivity index (χ2v) is 24.6. The van der Waals surface area contributed by atoms with E-state index in [2.05, 4.69) is 352 Å². The van der Waals surface area contributed by atoms with Crippen LogP contribution in [0.4, 0.5) is 0 Å². The SMILES string of the molecule is c1ccc(-c2ccc3c(-c4ccc5ccccc5c4)c4ccc5ccccc5c4c(-c4ccc5ccccc5c4)c3c2)cc1.c1ccc2cc(-c3ccc4c(-c5ccc6ccccc6c5)c5ccc6ccccc6c5c(-c5ccc6ccccc6c5)c4c3)ccc2c1. The van der Waals surface area contributed by atoms with Gasteiger partial charge in [-0.2, -0.15) is 0 Å². The Labute approximate surface area is 533 Å². The van der Waals surface area contributed by atoms with Crippen molar-refractivity contribution in [2.24, 2.45) is 0 Å². The maximum absolute atomic E-state index is 2.44. The molecular weight excluding hydrogens is 1110 g/mol. The van der Waals surface area contributed by atoms with Gasteiger partial charge in [0.15, 0.2) is 0 Å². The lowest BCUT2D eigenvalue weighted by Gasteiger charge is -2.21. The summed E-state index contributed by atoms with van der Waals surface area (Å²) in [7, 11) is 0. The van der Waals surface area contributed by atoms with Crippen molar-refractivity contribution in [3.63, 3.8) is 0 Å². The lowest BCUT2D eigenvalue weighted by Crippen LogP contribution is -1.93. The van der Waals surface area contributed by atoms with E-state index in [1.54, 1.807) is 0 Å². The van der Waals surface area contributed by atoms with E-state index in [0.717, 1.165) is 0 Å². The summed E-state index contributed by atoms with van der Waals surface area (Å²) < 4.78 is 0. The normalized spacial score (nSPS) is 11.7. The van der Waals surface area contributed by atoms with Crippen LogP contribution in [0, 0.1) is 0 Å². The summed E-state index contributed by atoms with van der Waals surface area (Å²) in [5, 5.41) is 27.9. The van der Waals surface area contributed by atoms with Crippen molar-refractivity contribution in [1.82, 2.24) is 0 Å². The molecule has 0 aliphatic carbocycles. The van der Waals surface area contributed by atoms with Crippen LogP contribution in [0.15, 0.2) is 352 Å². The molecule has 19 aromatic carbocycles. The van der Waals surface area contributed by atoms with Crippen molar-refractivity contribution in [2.75, 3.05) is 0 Å². The second-order valence-electron chi connectivity index (χ2n) is 24.6. The minimum atomic E-state index is 1.22. The molecule has 0 aliphatic heterocycles. The van der Waals surface area contributed by atoms with Crippen LogP contribution in [0.1, 0.15) is 0 Å². The van der Waals surface area contributed by atoms with Gasteiger partial charge in [-0.05, 0) is 228 Å². The van der Waals surface area contributed by atoms with Gasteiger partial charge >= 0.3 is 0 Å². The van der Waals surface area contributed by atoms with Gasteiger partial charge in [0, 0.05) is 0 Å². The van der Waals surface area contributed by atoms with E-state index in [1.807, 2.05) is 0 Å². The smallest absolute Gasteiger partial charge is 0.00141 e. The largest absolute Gasteiger partial charge is 0.0622 e. The van der Waals surface area contributed by atoms with Crippen molar-refractivity contribution in [3.8, 4) is 66.8 Å². The van der Waals surface area contributed by atoms with Crippen LogP contribution in [0.5, 0.6) is 0 Å². The zero-order valence-corrected chi connectivity index (χ0v) is 50.5. The minimum absolute atomic E-state index is 1.22. The molecule has 19 aromatic rings. The highest BCUT2D eigenvalue weighted by molar-refractivity contribution is 6.30. The molecule has 0 aliphatic rings. The van der Waals surface area contributed by atoms with Crippen LogP contribution < -0.4 is 0 Å². The molecule has 92 heavy (non-hydrogen) atoms. The molecule has 0 spiro atoms. The zero-order chi connectivity index (χ0) is 60.6. The average Bonchev–Trinajstić information content (AvgIpc) is 0.730. The van der Waals surface area contributed by atoms with Crippen molar-refractivity contribution in [1.29, 1.82) is 0 Å². The lowest BCUT2D eigenvalue weighted by atomic mass is 9.82. The molecule has 0 saturated carbocycles. The summed E-state index contributed by atoms with van der Waals surface area (Å²) in [5.74, 6) is 0. The monoisotopic (exact) mass is 1160 g/mol. The van der Waals surface area contributed by atoms with E-state index >= 15 is 0 Å². The Balaban J connectivity index is 0.000000136. The maximum Gasteiger partial charge on any atom is -0.00141 e. The standard InChI is InChI=1S/C48H30.C44H28/c1-4-13-35-27-38(20-17-31(35)9-1)39-24-25-43-45(30-39)47(41-22-19-33-11-3-6-15-37(33)29-41)48-42-16-8-7-12-34(42)23-26-44(48)46(43)40-21-18-32-10-2-5-14-36(32)28-40;1-2-10-29(11-3-1)35-23-24-39-41(28-35)43(37-21-19-31-13-5-7-16-34(31)27-37)44-38-17-9-8-14-32(38)22-25-40(44)42(39)36-20-18-30-12-4-6-15-33(30)26-36/h1-30H;1-28H. The fourth-order valence-corrected chi connectivity index (χ4v) is 15.0. The van der Waals surface area contributed by atoms with Crippen molar-refractivity contribution in [2.45, 2.75) is 0 Å². The van der Waals surface area contributed by atoms with Gasteiger partial charge in [0.05, 0.1) is 0 Å². The van der Waals surface area contributed by atoms with E-state index in [9.17, 15) is 0 Å². The Hall–Kier alpha value is -12.0. The summed E-state index contributed by atoms with van der Waals surface area (Å²) in [6.07, 6.45) is 0. The molecule has 0 nitrogen and oxygen atoms in total. The minimum Gasteiger partial charge on any atom is -0.0622 e. The number of hydrogen-bond acceptors (Lipinski definition) is 0. The van der Waals surface area contributed by atoms with Gasteiger partial charge < -0.3 is 0 Å². The van der Waals surface area contributed by atoms with Crippen molar-refractivity contribution < 1.29 is 0 Å². The molecule has 0 bridgehead atoms. The first kappa shape index (κ1) is 53.1. The van der Waals surface area contributed by atoms with Gasteiger partial charge in [-0.1, -0.05) is 309 Å². The van der Waals surface area contributed by atoms with Crippen LogP contribution in [0.3, 0.4) is 0 Å².